The average Bonchev–Trinajstić information content (AvgIpc) is 2.83. The fourth-order valence-corrected chi connectivity index (χ4v) is 4.32. The zero-order valence-electron chi connectivity index (χ0n) is 18.8. The van der Waals surface area contributed by atoms with Crippen LogP contribution < -0.4 is 15.1 Å². The van der Waals surface area contributed by atoms with Gasteiger partial charge in [-0.15, -0.1) is 10.2 Å². The van der Waals surface area contributed by atoms with Crippen LogP contribution in [0.4, 0.5) is 17.2 Å². The van der Waals surface area contributed by atoms with Crippen LogP contribution in [0.2, 0.25) is 0 Å². The van der Waals surface area contributed by atoms with E-state index in [0.29, 0.717) is 16.3 Å². The lowest BCUT2D eigenvalue weighted by Crippen LogP contribution is -2.46. The second-order valence-corrected chi connectivity index (χ2v) is 9.01. The molecule has 2 heterocycles. The highest BCUT2D eigenvalue weighted by Crippen LogP contribution is 2.22. The summed E-state index contributed by atoms with van der Waals surface area (Å²) in [6.45, 7) is 7.29. The van der Waals surface area contributed by atoms with Crippen molar-refractivity contribution in [3.63, 3.8) is 0 Å². The van der Waals surface area contributed by atoms with Crippen LogP contribution in [-0.4, -0.2) is 53.8 Å². The molecule has 2 aromatic carbocycles. The molecule has 1 fully saturated rings. The van der Waals surface area contributed by atoms with Gasteiger partial charge in [0.25, 0.3) is 0 Å². The SMILES string of the molecule is CC(=O)c1ccc(NC(=O)CSc2ccc(N3CCN(c4cccc(C)c4)CC3)nn2)cc1. The van der Waals surface area contributed by atoms with Gasteiger partial charge in [-0.3, -0.25) is 9.59 Å². The van der Waals surface area contributed by atoms with Crippen molar-refractivity contribution < 1.29 is 9.59 Å². The summed E-state index contributed by atoms with van der Waals surface area (Å²) >= 11 is 1.34. The van der Waals surface area contributed by atoms with Crippen molar-refractivity contribution in [1.82, 2.24) is 10.2 Å². The minimum atomic E-state index is -0.131. The van der Waals surface area contributed by atoms with Crippen molar-refractivity contribution in [2.75, 3.05) is 47.0 Å². The number of nitrogens with one attached hydrogen (secondary N) is 1. The lowest BCUT2D eigenvalue weighted by molar-refractivity contribution is -0.113. The molecule has 3 aromatic rings. The maximum Gasteiger partial charge on any atom is 0.234 e. The monoisotopic (exact) mass is 461 g/mol. The molecule has 170 valence electrons. The summed E-state index contributed by atoms with van der Waals surface area (Å²) in [5, 5.41) is 12.2. The third-order valence-electron chi connectivity index (χ3n) is 5.52. The van der Waals surface area contributed by atoms with Crippen molar-refractivity contribution in [2.45, 2.75) is 18.9 Å². The summed E-state index contributed by atoms with van der Waals surface area (Å²) < 4.78 is 0. The summed E-state index contributed by atoms with van der Waals surface area (Å²) in [4.78, 5) is 28.2. The number of nitrogens with zero attached hydrogens (tertiary/aromatic N) is 4. The quantitative estimate of drug-likeness (QED) is 0.420. The number of thioether (sulfide) groups is 1. The topological polar surface area (TPSA) is 78.4 Å². The highest BCUT2D eigenvalue weighted by Gasteiger charge is 2.19. The van der Waals surface area contributed by atoms with Crippen molar-refractivity contribution in [3.8, 4) is 0 Å². The first-order valence-electron chi connectivity index (χ1n) is 10.9. The van der Waals surface area contributed by atoms with E-state index in [0.717, 1.165) is 32.0 Å². The number of hydrogen-bond donors (Lipinski definition) is 1. The molecule has 33 heavy (non-hydrogen) atoms. The maximum absolute atomic E-state index is 12.2. The minimum Gasteiger partial charge on any atom is -0.368 e. The second-order valence-electron chi connectivity index (χ2n) is 8.01. The Morgan fingerprint density at radius 3 is 2.30 bits per heavy atom. The van der Waals surface area contributed by atoms with E-state index in [9.17, 15) is 9.59 Å². The van der Waals surface area contributed by atoms with Gasteiger partial charge < -0.3 is 15.1 Å². The summed E-state index contributed by atoms with van der Waals surface area (Å²) in [6, 6.07) is 19.3. The molecule has 1 N–H and O–H groups in total. The van der Waals surface area contributed by atoms with E-state index in [4.69, 9.17) is 0 Å². The van der Waals surface area contributed by atoms with Gasteiger partial charge in [-0.2, -0.15) is 0 Å². The molecule has 4 rings (SSSR count). The predicted molar refractivity (Wildman–Crippen MR) is 133 cm³/mol. The van der Waals surface area contributed by atoms with Gasteiger partial charge in [0.1, 0.15) is 5.03 Å². The zero-order valence-corrected chi connectivity index (χ0v) is 19.6. The number of hydrogen-bond acceptors (Lipinski definition) is 7. The first kappa shape index (κ1) is 22.8. The van der Waals surface area contributed by atoms with Gasteiger partial charge in [-0.05, 0) is 67.9 Å². The molecule has 1 aromatic heterocycles. The highest BCUT2D eigenvalue weighted by molar-refractivity contribution is 7.99. The number of carbonyl (C=O) groups is 2. The predicted octanol–water partition coefficient (Wildman–Crippen LogP) is 4.05. The van der Waals surface area contributed by atoms with E-state index in [1.165, 1.54) is 29.9 Å². The van der Waals surface area contributed by atoms with Crippen LogP contribution in [0.25, 0.3) is 0 Å². The normalized spacial score (nSPS) is 13.6. The number of piperazine rings is 1. The van der Waals surface area contributed by atoms with Gasteiger partial charge in [0, 0.05) is 43.1 Å². The largest absolute Gasteiger partial charge is 0.368 e. The Hall–Kier alpha value is -3.39. The number of benzene rings is 2. The van der Waals surface area contributed by atoms with E-state index in [-0.39, 0.29) is 17.4 Å². The summed E-state index contributed by atoms with van der Waals surface area (Å²) in [7, 11) is 0. The number of carbonyl (C=O) groups excluding carboxylic acids is 2. The Morgan fingerprint density at radius 2 is 1.67 bits per heavy atom. The molecular formula is C25H27N5O2S. The van der Waals surface area contributed by atoms with Gasteiger partial charge in [-0.1, -0.05) is 23.9 Å². The fraction of sp³-hybridized carbons (Fsp3) is 0.280. The van der Waals surface area contributed by atoms with Crippen LogP contribution in [0.15, 0.2) is 65.7 Å². The summed E-state index contributed by atoms with van der Waals surface area (Å²) in [6.07, 6.45) is 0. The Morgan fingerprint density at radius 1 is 0.939 bits per heavy atom. The van der Waals surface area contributed by atoms with E-state index in [1.807, 2.05) is 12.1 Å². The lowest BCUT2D eigenvalue weighted by atomic mass is 10.1. The van der Waals surface area contributed by atoms with E-state index < -0.39 is 0 Å². The minimum absolute atomic E-state index is 0.00129. The smallest absolute Gasteiger partial charge is 0.234 e. The van der Waals surface area contributed by atoms with Crippen molar-refractivity contribution in [3.05, 3.63) is 71.8 Å². The molecule has 0 spiro atoms. The molecule has 8 heteroatoms. The molecule has 7 nitrogen and oxygen atoms in total. The molecule has 1 amide bonds. The van der Waals surface area contributed by atoms with Crippen LogP contribution >= 0.6 is 11.8 Å². The maximum atomic E-state index is 12.2. The van der Waals surface area contributed by atoms with Gasteiger partial charge in [0.15, 0.2) is 11.6 Å². The third kappa shape index (κ3) is 6.10. The molecule has 0 unspecified atom stereocenters. The molecule has 1 saturated heterocycles. The number of aryl methyl sites for hydroxylation is 1. The molecule has 0 atom stereocenters. The lowest BCUT2D eigenvalue weighted by Gasteiger charge is -2.36. The third-order valence-corrected chi connectivity index (χ3v) is 6.44. The number of Topliss-reactive ketones (excluding diaryl/α,β-unsaturated/α-hetero) is 1. The van der Waals surface area contributed by atoms with E-state index >= 15 is 0 Å². The molecule has 0 aliphatic carbocycles. The van der Waals surface area contributed by atoms with Crippen LogP contribution in [0, 0.1) is 6.92 Å². The number of amides is 1. The van der Waals surface area contributed by atoms with E-state index in [1.54, 1.807) is 24.3 Å². The number of rotatable bonds is 7. The molecular weight excluding hydrogens is 434 g/mol. The van der Waals surface area contributed by atoms with Crippen LogP contribution in [0.3, 0.4) is 0 Å². The zero-order chi connectivity index (χ0) is 23.2. The standard InChI is InChI=1S/C25H27N5O2S/c1-18-4-3-5-22(16-18)29-12-14-30(15-13-29)23-10-11-25(28-27-23)33-17-24(32)26-21-8-6-20(7-9-21)19(2)31/h3-11,16H,12-15,17H2,1-2H3,(H,26,32). The van der Waals surface area contributed by atoms with Gasteiger partial charge in [0.2, 0.25) is 5.91 Å². The number of aromatic nitrogens is 2. The Kier molecular flexibility index (Phi) is 7.24. The molecule has 0 saturated carbocycles. The number of ketones is 1. The second kappa shape index (κ2) is 10.5. The van der Waals surface area contributed by atoms with Crippen LogP contribution in [0.5, 0.6) is 0 Å². The van der Waals surface area contributed by atoms with Gasteiger partial charge in [-0.25, -0.2) is 0 Å². The fourth-order valence-electron chi connectivity index (χ4n) is 3.70. The van der Waals surface area contributed by atoms with Crippen molar-refractivity contribution >= 4 is 40.6 Å². The molecule has 0 radical (unpaired) electrons. The van der Waals surface area contributed by atoms with Crippen molar-refractivity contribution in [2.24, 2.45) is 0 Å². The van der Waals surface area contributed by atoms with Crippen molar-refractivity contribution in [1.29, 1.82) is 0 Å². The summed E-state index contributed by atoms with van der Waals surface area (Å²) in [5.74, 6) is 0.961. The summed E-state index contributed by atoms with van der Waals surface area (Å²) in [5.41, 5.74) is 3.82. The Balaban J connectivity index is 1.24. The Labute approximate surface area is 198 Å². The van der Waals surface area contributed by atoms with E-state index in [2.05, 4.69) is 56.5 Å². The molecule has 0 bridgehead atoms. The van der Waals surface area contributed by atoms with Gasteiger partial charge >= 0.3 is 0 Å². The van der Waals surface area contributed by atoms with Crippen LogP contribution in [-0.2, 0) is 4.79 Å². The molecule has 1 aliphatic rings. The number of anilines is 3. The first-order chi connectivity index (χ1) is 16.0. The molecule has 1 aliphatic heterocycles. The highest BCUT2D eigenvalue weighted by atomic mass is 32.2. The van der Waals surface area contributed by atoms with Crippen LogP contribution in [0.1, 0.15) is 22.8 Å². The Bertz CT molecular complexity index is 1110. The average molecular weight is 462 g/mol. The first-order valence-corrected chi connectivity index (χ1v) is 11.9. The van der Waals surface area contributed by atoms with Gasteiger partial charge in [0.05, 0.1) is 5.75 Å².